The van der Waals surface area contributed by atoms with Crippen LogP contribution in [0.1, 0.15) is 24.8 Å². The second kappa shape index (κ2) is 5.63. The molecule has 0 spiro atoms. The van der Waals surface area contributed by atoms with Crippen molar-refractivity contribution in [1.82, 2.24) is 14.8 Å². The van der Waals surface area contributed by atoms with Crippen molar-refractivity contribution in [2.75, 3.05) is 18.0 Å². The average Bonchev–Trinajstić information content (AvgIpc) is 2.77. The summed E-state index contributed by atoms with van der Waals surface area (Å²) in [4.78, 5) is 6.94. The summed E-state index contributed by atoms with van der Waals surface area (Å²) < 4.78 is 1.80. The Kier molecular flexibility index (Phi) is 3.69. The normalized spacial score (nSPS) is 19.9. The Labute approximate surface area is 118 Å². The molecule has 1 aliphatic rings. The maximum absolute atomic E-state index is 9.73. The van der Waals surface area contributed by atoms with Gasteiger partial charge in [-0.25, -0.2) is 9.67 Å². The van der Waals surface area contributed by atoms with Crippen molar-refractivity contribution in [2.45, 2.75) is 32.3 Å². The molecule has 20 heavy (non-hydrogen) atoms. The third-order valence-electron chi connectivity index (χ3n) is 3.69. The largest absolute Gasteiger partial charge is 0.393 e. The Morgan fingerprint density at radius 1 is 1.20 bits per heavy atom. The molecule has 2 aromatic heterocycles. The topological polar surface area (TPSA) is 54.2 Å². The van der Waals surface area contributed by atoms with Gasteiger partial charge in [0.2, 0.25) is 0 Å². The van der Waals surface area contributed by atoms with Gasteiger partial charge in [0.15, 0.2) is 5.82 Å². The van der Waals surface area contributed by atoms with Gasteiger partial charge in [0.25, 0.3) is 0 Å². The monoisotopic (exact) mass is 272 g/mol. The highest BCUT2D eigenvalue weighted by atomic mass is 16.3. The van der Waals surface area contributed by atoms with E-state index in [0.29, 0.717) is 0 Å². The second-order valence-corrected chi connectivity index (χ2v) is 5.39. The molecule has 0 aromatic carbocycles. The Morgan fingerprint density at radius 3 is 2.85 bits per heavy atom. The lowest BCUT2D eigenvalue weighted by Gasteiger charge is -2.21. The van der Waals surface area contributed by atoms with Crippen LogP contribution >= 0.6 is 0 Å². The van der Waals surface area contributed by atoms with Gasteiger partial charge >= 0.3 is 0 Å². The number of aliphatic hydroxyl groups excluding tert-OH is 1. The predicted octanol–water partition coefficient (Wildman–Crippen LogP) is 1.93. The molecule has 1 aliphatic heterocycles. The van der Waals surface area contributed by atoms with Crippen molar-refractivity contribution in [3.8, 4) is 5.82 Å². The summed E-state index contributed by atoms with van der Waals surface area (Å²) in [5, 5.41) is 14.0. The SMILES string of the molecule is Cc1cnn(-c2cccc(N3CCCC(O)CC3)n2)c1. The van der Waals surface area contributed by atoms with E-state index in [1.165, 1.54) is 0 Å². The third-order valence-corrected chi connectivity index (χ3v) is 3.69. The highest BCUT2D eigenvalue weighted by Gasteiger charge is 2.16. The number of rotatable bonds is 2. The fourth-order valence-electron chi connectivity index (χ4n) is 2.56. The molecule has 1 N–H and O–H groups in total. The molecule has 3 rings (SSSR count). The summed E-state index contributed by atoms with van der Waals surface area (Å²) >= 11 is 0. The summed E-state index contributed by atoms with van der Waals surface area (Å²) in [6, 6.07) is 6.00. The molecule has 1 atom stereocenters. The molecule has 5 heteroatoms. The number of hydrogen-bond acceptors (Lipinski definition) is 4. The average molecular weight is 272 g/mol. The second-order valence-electron chi connectivity index (χ2n) is 5.39. The lowest BCUT2D eigenvalue weighted by molar-refractivity contribution is 0.161. The highest BCUT2D eigenvalue weighted by molar-refractivity contribution is 5.42. The van der Waals surface area contributed by atoms with Gasteiger partial charge in [-0.1, -0.05) is 6.07 Å². The van der Waals surface area contributed by atoms with Crippen molar-refractivity contribution in [3.05, 3.63) is 36.2 Å². The number of hydrogen-bond donors (Lipinski definition) is 1. The summed E-state index contributed by atoms with van der Waals surface area (Å²) in [7, 11) is 0. The van der Waals surface area contributed by atoms with Crippen molar-refractivity contribution >= 4 is 5.82 Å². The third kappa shape index (κ3) is 2.82. The molecular weight excluding hydrogens is 252 g/mol. The van der Waals surface area contributed by atoms with Crippen LogP contribution in [0.3, 0.4) is 0 Å². The first-order valence-corrected chi connectivity index (χ1v) is 7.14. The van der Waals surface area contributed by atoms with Crippen LogP contribution in [-0.4, -0.2) is 39.1 Å². The van der Waals surface area contributed by atoms with E-state index >= 15 is 0 Å². The van der Waals surface area contributed by atoms with Gasteiger partial charge in [0.05, 0.1) is 12.3 Å². The van der Waals surface area contributed by atoms with Gasteiger partial charge in [-0.3, -0.25) is 0 Å². The number of nitrogens with zero attached hydrogens (tertiary/aromatic N) is 4. The van der Waals surface area contributed by atoms with E-state index in [0.717, 1.165) is 49.6 Å². The minimum Gasteiger partial charge on any atom is -0.393 e. The van der Waals surface area contributed by atoms with Gasteiger partial charge < -0.3 is 10.0 Å². The molecular formula is C15H20N4O. The zero-order chi connectivity index (χ0) is 13.9. The number of pyridine rings is 1. The highest BCUT2D eigenvalue weighted by Crippen LogP contribution is 2.19. The van der Waals surface area contributed by atoms with Gasteiger partial charge in [-0.15, -0.1) is 0 Å². The number of aliphatic hydroxyl groups is 1. The molecule has 0 saturated carbocycles. The molecule has 0 radical (unpaired) electrons. The molecule has 5 nitrogen and oxygen atoms in total. The van der Waals surface area contributed by atoms with Crippen LogP contribution < -0.4 is 4.90 Å². The van der Waals surface area contributed by atoms with Crippen LogP contribution in [0.15, 0.2) is 30.6 Å². The van der Waals surface area contributed by atoms with E-state index in [1.54, 1.807) is 4.68 Å². The molecule has 3 heterocycles. The van der Waals surface area contributed by atoms with Crippen LogP contribution in [-0.2, 0) is 0 Å². The number of anilines is 1. The molecule has 0 bridgehead atoms. The summed E-state index contributed by atoms with van der Waals surface area (Å²) in [5.74, 6) is 1.80. The van der Waals surface area contributed by atoms with Gasteiger partial charge in [-0.2, -0.15) is 5.10 Å². The van der Waals surface area contributed by atoms with Gasteiger partial charge in [0.1, 0.15) is 5.82 Å². The molecule has 1 unspecified atom stereocenters. The first kappa shape index (κ1) is 13.1. The summed E-state index contributed by atoms with van der Waals surface area (Å²) in [6.07, 6.45) is 6.33. The maximum Gasteiger partial charge on any atom is 0.155 e. The first-order chi connectivity index (χ1) is 9.72. The molecule has 1 fully saturated rings. The zero-order valence-corrected chi connectivity index (χ0v) is 11.7. The van der Waals surface area contributed by atoms with E-state index in [9.17, 15) is 5.11 Å². The predicted molar refractivity (Wildman–Crippen MR) is 78.2 cm³/mol. The van der Waals surface area contributed by atoms with E-state index in [2.05, 4.69) is 10.00 Å². The lowest BCUT2D eigenvalue weighted by atomic mass is 10.2. The number of aryl methyl sites for hydroxylation is 1. The molecule has 106 valence electrons. The quantitative estimate of drug-likeness (QED) is 0.907. The van der Waals surface area contributed by atoms with E-state index in [4.69, 9.17) is 4.98 Å². The van der Waals surface area contributed by atoms with Crippen LogP contribution in [0.25, 0.3) is 5.82 Å². The van der Waals surface area contributed by atoms with Crippen LogP contribution in [0.2, 0.25) is 0 Å². The fourth-order valence-corrected chi connectivity index (χ4v) is 2.56. The van der Waals surface area contributed by atoms with E-state index < -0.39 is 0 Å². The Hall–Kier alpha value is -1.88. The van der Waals surface area contributed by atoms with Crippen molar-refractivity contribution < 1.29 is 5.11 Å². The lowest BCUT2D eigenvalue weighted by Crippen LogP contribution is -2.25. The van der Waals surface area contributed by atoms with E-state index in [1.807, 2.05) is 37.5 Å². The van der Waals surface area contributed by atoms with Crippen LogP contribution in [0.5, 0.6) is 0 Å². The van der Waals surface area contributed by atoms with E-state index in [-0.39, 0.29) is 6.10 Å². The van der Waals surface area contributed by atoms with Gasteiger partial charge in [0, 0.05) is 19.3 Å². The van der Waals surface area contributed by atoms with Gasteiger partial charge in [-0.05, 0) is 43.9 Å². The minimum absolute atomic E-state index is 0.169. The fraction of sp³-hybridized carbons (Fsp3) is 0.467. The molecule has 0 amide bonds. The van der Waals surface area contributed by atoms with Crippen molar-refractivity contribution in [3.63, 3.8) is 0 Å². The Balaban J connectivity index is 1.83. The van der Waals surface area contributed by atoms with Crippen molar-refractivity contribution in [2.24, 2.45) is 0 Å². The summed E-state index contributed by atoms with van der Waals surface area (Å²) in [5.41, 5.74) is 1.12. The molecule has 1 saturated heterocycles. The van der Waals surface area contributed by atoms with Crippen LogP contribution in [0.4, 0.5) is 5.82 Å². The number of aromatic nitrogens is 3. The smallest absolute Gasteiger partial charge is 0.155 e. The van der Waals surface area contributed by atoms with Crippen LogP contribution in [0, 0.1) is 6.92 Å². The first-order valence-electron chi connectivity index (χ1n) is 7.14. The standard InChI is InChI=1S/C15H20N4O/c1-12-10-16-19(11-12)15-6-2-5-14(17-15)18-8-3-4-13(20)7-9-18/h2,5-6,10-11,13,20H,3-4,7-9H2,1H3. The Bertz CT molecular complexity index is 581. The molecule has 2 aromatic rings. The Morgan fingerprint density at radius 2 is 2.05 bits per heavy atom. The maximum atomic E-state index is 9.73. The zero-order valence-electron chi connectivity index (χ0n) is 11.7. The molecule has 0 aliphatic carbocycles. The summed E-state index contributed by atoms with van der Waals surface area (Å²) in [6.45, 7) is 3.82. The van der Waals surface area contributed by atoms with Crippen molar-refractivity contribution in [1.29, 1.82) is 0 Å². The minimum atomic E-state index is -0.169.